The van der Waals surface area contributed by atoms with Gasteiger partial charge in [0, 0.05) is 11.9 Å². The Morgan fingerprint density at radius 1 is 1.00 bits per heavy atom. The second-order valence-corrected chi connectivity index (χ2v) is 4.16. The Morgan fingerprint density at radius 2 is 1.68 bits per heavy atom. The van der Waals surface area contributed by atoms with Gasteiger partial charge in [-0.25, -0.2) is 4.79 Å². The zero-order valence-corrected chi connectivity index (χ0v) is 10.8. The number of nitrogens with one attached hydrogen (secondary N) is 2. The largest absolute Gasteiger partial charge is 0.323 e. The van der Waals surface area contributed by atoms with Crippen molar-refractivity contribution in [1.29, 1.82) is 0 Å². The number of carbonyl (C=O) groups excluding carboxylic acids is 1. The molecule has 2 N–H and O–H groups in total. The van der Waals surface area contributed by atoms with Crippen LogP contribution in [-0.4, -0.2) is 6.03 Å². The number of urea groups is 1. The third kappa shape index (κ3) is 4.00. The fourth-order valence-electron chi connectivity index (χ4n) is 1.65. The molecule has 0 saturated heterocycles. The minimum Gasteiger partial charge on any atom is -0.314 e. The summed E-state index contributed by atoms with van der Waals surface area (Å²) in [7, 11) is 0. The van der Waals surface area contributed by atoms with E-state index in [1.54, 1.807) is 6.20 Å². The molecule has 0 aliphatic carbocycles. The molecule has 0 fully saturated rings. The summed E-state index contributed by atoms with van der Waals surface area (Å²) in [5, 5.41) is 5.47. The Balaban J connectivity index is 1.89. The summed E-state index contributed by atoms with van der Waals surface area (Å²) in [6.07, 6.45) is 3.47. The van der Waals surface area contributed by atoms with E-state index in [-0.39, 0.29) is 6.03 Å². The van der Waals surface area contributed by atoms with Crippen molar-refractivity contribution in [1.82, 2.24) is 5.32 Å². The lowest BCUT2D eigenvalue weighted by atomic mass is 10.2. The average Bonchev–Trinajstić information content (AvgIpc) is 2.43. The van der Waals surface area contributed by atoms with Crippen LogP contribution in [-0.2, 0) is 0 Å². The summed E-state index contributed by atoms with van der Waals surface area (Å²) in [6.45, 7) is 1.95. The van der Waals surface area contributed by atoms with Crippen molar-refractivity contribution < 1.29 is 4.79 Å². The molecule has 2 amide bonds. The maximum Gasteiger partial charge on any atom is 0.323 e. The SMILES string of the molecule is Cc1ccccc1NC(=O)N/C=C/c1ccccc1. The van der Waals surface area contributed by atoms with Gasteiger partial charge in [-0.3, -0.25) is 0 Å². The quantitative estimate of drug-likeness (QED) is 0.857. The highest BCUT2D eigenvalue weighted by Gasteiger charge is 2.00. The number of rotatable bonds is 3. The molecule has 3 nitrogen and oxygen atoms in total. The monoisotopic (exact) mass is 252 g/mol. The molecule has 0 atom stereocenters. The summed E-state index contributed by atoms with van der Waals surface area (Å²) in [6, 6.07) is 17.2. The number of hydrogen-bond acceptors (Lipinski definition) is 1. The number of hydrogen-bond donors (Lipinski definition) is 2. The van der Waals surface area contributed by atoms with Gasteiger partial charge in [-0.05, 0) is 30.2 Å². The van der Waals surface area contributed by atoms with Gasteiger partial charge in [0.1, 0.15) is 0 Å². The Morgan fingerprint density at radius 3 is 2.42 bits per heavy atom. The lowest BCUT2D eigenvalue weighted by molar-refractivity contribution is 0.255. The smallest absolute Gasteiger partial charge is 0.314 e. The van der Waals surface area contributed by atoms with Gasteiger partial charge in [-0.15, -0.1) is 0 Å². The lowest BCUT2D eigenvalue weighted by Crippen LogP contribution is -2.24. The van der Waals surface area contributed by atoms with Crippen LogP contribution in [0.15, 0.2) is 60.8 Å². The Labute approximate surface area is 113 Å². The van der Waals surface area contributed by atoms with Gasteiger partial charge in [0.2, 0.25) is 0 Å². The molecular formula is C16H16N2O. The molecule has 0 spiro atoms. The number of amides is 2. The minimum atomic E-state index is -0.249. The van der Waals surface area contributed by atoms with Gasteiger partial charge >= 0.3 is 6.03 Å². The lowest BCUT2D eigenvalue weighted by Gasteiger charge is -2.07. The van der Waals surface area contributed by atoms with Crippen LogP contribution in [0.25, 0.3) is 6.08 Å². The van der Waals surface area contributed by atoms with Crippen molar-refractivity contribution in [2.45, 2.75) is 6.92 Å². The number of para-hydroxylation sites is 1. The molecule has 0 aliphatic heterocycles. The molecule has 0 saturated carbocycles. The molecule has 0 heterocycles. The van der Waals surface area contributed by atoms with Gasteiger partial charge < -0.3 is 10.6 Å². The van der Waals surface area contributed by atoms with Gasteiger partial charge in [-0.2, -0.15) is 0 Å². The van der Waals surface area contributed by atoms with E-state index in [0.29, 0.717) is 0 Å². The van der Waals surface area contributed by atoms with Gasteiger partial charge in [0.05, 0.1) is 0 Å². The molecule has 0 radical (unpaired) electrons. The zero-order chi connectivity index (χ0) is 13.5. The summed E-state index contributed by atoms with van der Waals surface area (Å²) in [5.41, 5.74) is 2.89. The number of anilines is 1. The van der Waals surface area contributed by atoms with Crippen LogP contribution >= 0.6 is 0 Å². The first-order valence-electron chi connectivity index (χ1n) is 6.10. The predicted molar refractivity (Wildman–Crippen MR) is 78.8 cm³/mol. The highest BCUT2D eigenvalue weighted by molar-refractivity contribution is 5.91. The number of carbonyl (C=O) groups is 1. The second kappa shape index (κ2) is 6.40. The second-order valence-electron chi connectivity index (χ2n) is 4.16. The highest BCUT2D eigenvalue weighted by Crippen LogP contribution is 2.12. The fourth-order valence-corrected chi connectivity index (χ4v) is 1.65. The van der Waals surface area contributed by atoms with E-state index in [1.807, 2.05) is 67.6 Å². The zero-order valence-electron chi connectivity index (χ0n) is 10.8. The Kier molecular flexibility index (Phi) is 4.34. The summed E-state index contributed by atoms with van der Waals surface area (Å²) in [5.74, 6) is 0. The van der Waals surface area contributed by atoms with Crippen LogP contribution in [0.3, 0.4) is 0 Å². The minimum absolute atomic E-state index is 0.249. The van der Waals surface area contributed by atoms with Crippen LogP contribution in [0.5, 0.6) is 0 Å². The average molecular weight is 252 g/mol. The van der Waals surface area contributed by atoms with Crippen molar-refractivity contribution in [2.24, 2.45) is 0 Å². The van der Waals surface area contributed by atoms with Crippen molar-refractivity contribution in [3.05, 3.63) is 71.9 Å². The van der Waals surface area contributed by atoms with Crippen LogP contribution in [0, 0.1) is 6.92 Å². The maximum absolute atomic E-state index is 11.7. The number of aryl methyl sites for hydroxylation is 1. The standard InChI is InChI=1S/C16H16N2O/c1-13-7-5-6-10-15(13)18-16(19)17-12-11-14-8-3-2-4-9-14/h2-12H,1H3,(H2,17,18,19)/b12-11+. The maximum atomic E-state index is 11.7. The Hall–Kier alpha value is -2.55. The Bertz CT molecular complexity index is 576. The summed E-state index contributed by atoms with van der Waals surface area (Å²) < 4.78 is 0. The first-order chi connectivity index (χ1) is 9.25. The first kappa shape index (κ1) is 12.9. The molecule has 19 heavy (non-hydrogen) atoms. The van der Waals surface area contributed by atoms with Crippen LogP contribution in [0.4, 0.5) is 10.5 Å². The normalized spacial score (nSPS) is 10.4. The molecular weight excluding hydrogens is 236 g/mol. The summed E-state index contributed by atoms with van der Waals surface area (Å²) >= 11 is 0. The van der Waals surface area contributed by atoms with E-state index < -0.39 is 0 Å². The molecule has 0 aromatic heterocycles. The van der Waals surface area contributed by atoms with Crippen molar-refractivity contribution in [3.8, 4) is 0 Å². The number of benzene rings is 2. The highest BCUT2D eigenvalue weighted by atomic mass is 16.2. The molecule has 0 unspecified atom stereocenters. The first-order valence-corrected chi connectivity index (χ1v) is 6.10. The van der Waals surface area contributed by atoms with E-state index in [4.69, 9.17) is 0 Å². The van der Waals surface area contributed by atoms with Crippen molar-refractivity contribution >= 4 is 17.8 Å². The van der Waals surface area contributed by atoms with Crippen LogP contribution in [0.2, 0.25) is 0 Å². The summed E-state index contributed by atoms with van der Waals surface area (Å²) in [4.78, 5) is 11.7. The van der Waals surface area contributed by atoms with Gasteiger partial charge in [0.15, 0.2) is 0 Å². The molecule has 0 bridgehead atoms. The molecule has 2 aromatic carbocycles. The topological polar surface area (TPSA) is 41.1 Å². The van der Waals surface area contributed by atoms with Gasteiger partial charge in [0.25, 0.3) is 0 Å². The van der Waals surface area contributed by atoms with E-state index >= 15 is 0 Å². The van der Waals surface area contributed by atoms with Crippen LogP contribution in [0.1, 0.15) is 11.1 Å². The van der Waals surface area contributed by atoms with E-state index in [9.17, 15) is 4.79 Å². The fraction of sp³-hybridized carbons (Fsp3) is 0.0625. The molecule has 96 valence electrons. The van der Waals surface area contributed by atoms with Crippen molar-refractivity contribution in [3.63, 3.8) is 0 Å². The third-order valence-electron chi connectivity index (χ3n) is 2.68. The molecule has 3 heteroatoms. The van der Waals surface area contributed by atoms with E-state index in [0.717, 1.165) is 16.8 Å². The predicted octanol–water partition coefficient (Wildman–Crippen LogP) is 3.79. The van der Waals surface area contributed by atoms with Gasteiger partial charge in [-0.1, -0.05) is 48.5 Å². The molecule has 2 aromatic rings. The van der Waals surface area contributed by atoms with E-state index in [1.165, 1.54) is 0 Å². The molecule has 0 aliphatic rings. The van der Waals surface area contributed by atoms with Crippen LogP contribution < -0.4 is 10.6 Å². The van der Waals surface area contributed by atoms with Crippen molar-refractivity contribution in [2.75, 3.05) is 5.32 Å². The third-order valence-corrected chi connectivity index (χ3v) is 2.68. The van der Waals surface area contributed by atoms with E-state index in [2.05, 4.69) is 10.6 Å². The molecule has 2 rings (SSSR count).